The normalized spacial score (nSPS) is 12.2. The van der Waals surface area contributed by atoms with E-state index >= 15 is 0 Å². The summed E-state index contributed by atoms with van der Waals surface area (Å²) in [6.45, 7) is 1.34. The molecule has 1 amide bonds. The number of rotatable bonds is 5. The zero-order valence-electron chi connectivity index (χ0n) is 11.1. The van der Waals surface area contributed by atoms with E-state index in [-0.39, 0.29) is 5.57 Å². The van der Waals surface area contributed by atoms with Gasteiger partial charge in [0.15, 0.2) is 6.10 Å². The number of esters is 1. The Bertz CT molecular complexity index is 570. The number of amides is 1. The van der Waals surface area contributed by atoms with Crippen molar-refractivity contribution in [1.29, 1.82) is 5.26 Å². The predicted molar refractivity (Wildman–Crippen MR) is 71.3 cm³/mol. The van der Waals surface area contributed by atoms with Crippen LogP contribution in [0, 0.1) is 11.3 Å². The fourth-order valence-corrected chi connectivity index (χ4v) is 1.29. The Kier molecular flexibility index (Phi) is 5.30. The lowest BCUT2D eigenvalue weighted by Crippen LogP contribution is -2.30. The quantitative estimate of drug-likeness (QED) is 0.490. The first-order valence-corrected chi connectivity index (χ1v) is 5.74. The molecule has 0 saturated heterocycles. The van der Waals surface area contributed by atoms with E-state index in [1.54, 1.807) is 30.3 Å². The summed E-state index contributed by atoms with van der Waals surface area (Å²) in [4.78, 5) is 22.5. The Labute approximate surface area is 116 Å². The average molecular weight is 274 g/mol. The van der Waals surface area contributed by atoms with Crippen LogP contribution in [0.15, 0.2) is 29.8 Å². The van der Waals surface area contributed by atoms with Crippen LogP contribution in [-0.2, 0) is 14.3 Å². The van der Waals surface area contributed by atoms with E-state index in [0.717, 1.165) is 0 Å². The fourth-order valence-electron chi connectivity index (χ4n) is 1.29. The van der Waals surface area contributed by atoms with Gasteiger partial charge in [0, 0.05) is 0 Å². The van der Waals surface area contributed by atoms with Gasteiger partial charge in [0.05, 0.1) is 7.11 Å². The minimum Gasteiger partial charge on any atom is -0.497 e. The van der Waals surface area contributed by atoms with Crippen molar-refractivity contribution < 1.29 is 19.1 Å². The second-order valence-electron chi connectivity index (χ2n) is 3.89. The molecule has 0 radical (unpaired) electrons. The molecule has 0 unspecified atom stereocenters. The highest BCUT2D eigenvalue weighted by Crippen LogP contribution is 2.14. The van der Waals surface area contributed by atoms with Gasteiger partial charge in [-0.3, -0.25) is 4.79 Å². The molecule has 0 fully saturated rings. The van der Waals surface area contributed by atoms with Gasteiger partial charge in [-0.15, -0.1) is 0 Å². The van der Waals surface area contributed by atoms with Crippen molar-refractivity contribution in [1.82, 2.24) is 0 Å². The molecule has 0 heterocycles. The highest BCUT2D eigenvalue weighted by Gasteiger charge is 2.18. The first-order chi connectivity index (χ1) is 9.47. The van der Waals surface area contributed by atoms with Gasteiger partial charge in [-0.25, -0.2) is 4.79 Å². The lowest BCUT2D eigenvalue weighted by molar-refractivity contribution is -0.149. The summed E-state index contributed by atoms with van der Waals surface area (Å²) in [5, 5.41) is 8.95. The summed E-state index contributed by atoms with van der Waals surface area (Å²) >= 11 is 0. The van der Waals surface area contributed by atoms with Crippen LogP contribution in [0.1, 0.15) is 12.5 Å². The zero-order chi connectivity index (χ0) is 15.1. The number of nitrogens with two attached hydrogens (primary N) is 1. The molecule has 1 aromatic rings. The molecule has 0 aliphatic carbocycles. The minimum atomic E-state index is -1.09. The van der Waals surface area contributed by atoms with E-state index < -0.39 is 18.0 Å². The molecule has 0 aliphatic rings. The number of primary amides is 1. The van der Waals surface area contributed by atoms with Crippen molar-refractivity contribution in [3.8, 4) is 11.8 Å². The maximum Gasteiger partial charge on any atom is 0.349 e. The molecule has 0 bridgehead atoms. The maximum atomic E-state index is 11.7. The van der Waals surface area contributed by atoms with Crippen molar-refractivity contribution >= 4 is 18.0 Å². The number of benzene rings is 1. The molecular formula is C14H14N2O4. The topological polar surface area (TPSA) is 102 Å². The summed E-state index contributed by atoms with van der Waals surface area (Å²) in [6.07, 6.45) is 0.269. The number of carbonyl (C=O) groups is 2. The number of hydrogen-bond donors (Lipinski definition) is 1. The van der Waals surface area contributed by atoms with Crippen LogP contribution < -0.4 is 10.5 Å². The van der Waals surface area contributed by atoms with Crippen LogP contribution in [-0.4, -0.2) is 25.1 Å². The number of nitriles is 1. The van der Waals surface area contributed by atoms with Crippen molar-refractivity contribution in [3.05, 3.63) is 35.4 Å². The van der Waals surface area contributed by atoms with Crippen LogP contribution in [0.5, 0.6) is 5.75 Å². The van der Waals surface area contributed by atoms with E-state index in [4.69, 9.17) is 20.5 Å². The summed E-state index contributed by atoms with van der Waals surface area (Å²) in [7, 11) is 1.54. The Morgan fingerprint density at radius 1 is 1.35 bits per heavy atom. The summed E-state index contributed by atoms with van der Waals surface area (Å²) in [5.41, 5.74) is 5.39. The Balaban J connectivity index is 2.88. The van der Waals surface area contributed by atoms with Crippen LogP contribution in [0.2, 0.25) is 0 Å². The van der Waals surface area contributed by atoms with Gasteiger partial charge in [0.2, 0.25) is 0 Å². The first-order valence-electron chi connectivity index (χ1n) is 5.74. The predicted octanol–water partition coefficient (Wildman–Crippen LogP) is 1.02. The fraction of sp³-hybridized carbons (Fsp3) is 0.214. The van der Waals surface area contributed by atoms with Crippen LogP contribution in [0.25, 0.3) is 6.08 Å². The average Bonchev–Trinajstić information content (AvgIpc) is 2.44. The molecule has 1 aromatic carbocycles. The molecule has 6 nitrogen and oxygen atoms in total. The van der Waals surface area contributed by atoms with Gasteiger partial charge in [0.25, 0.3) is 5.91 Å². The molecule has 104 valence electrons. The van der Waals surface area contributed by atoms with E-state index in [9.17, 15) is 9.59 Å². The SMILES string of the molecule is COc1ccc(/C=C(\C#N)C(=O)O[C@@H](C)C(N)=O)cc1. The van der Waals surface area contributed by atoms with E-state index in [0.29, 0.717) is 11.3 Å². The molecule has 0 spiro atoms. The van der Waals surface area contributed by atoms with Crippen LogP contribution in [0.3, 0.4) is 0 Å². The third kappa shape index (κ3) is 4.14. The van der Waals surface area contributed by atoms with Crippen LogP contribution in [0.4, 0.5) is 0 Å². The smallest absolute Gasteiger partial charge is 0.349 e. The Morgan fingerprint density at radius 3 is 2.40 bits per heavy atom. The van der Waals surface area contributed by atoms with Gasteiger partial charge in [-0.2, -0.15) is 5.26 Å². The maximum absolute atomic E-state index is 11.7. The van der Waals surface area contributed by atoms with E-state index in [1.165, 1.54) is 20.1 Å². The first kappa shape index (κ1) is 15.2. The molecular weight excluding hydrogens is 260 g/mol. The Morgan fingerprint density at radius 2 is 1.95 bits per heavy atom. The van der Waals surface area contributed by atoms with Gasteiger partial charge in [-0.1, -0.05) is 12.1 Å². The van der Waals surface area contributed by atoms with Gasteiger partial charge < -0.3 is 15.2 Å². The second kappa shape index (κ2) is 6.95. The number of ether oxygens (including phenoxy) is 2. The van der Waals surface area contributed by atoms with Crippen molar-refractivity contribution in [2.45, 2.75) is 13.0 Å². The minimum absolute atomic E-state index is 0.219. The molecule has 1 rings (SSSR count). The molecule has 6 heteroatoms. The van der Waals surface area contributed by atoms with Gasteiger partial charge in [0.1, 0.15) is 17.4 Å². The number of hydrogen-bond acceptors (Lipinski definition) is 5. The van der Waals surface area contributed by atoms with E-state index in [2.05, 4.69) is 0 Å². The molecule has 0 aliphatic heterocycles. The largest absolute Gasteiger partial charge is 0.497 e. The molecule has 0 aromatic heterocycles. The number of carbonyl (C=O) groups excluding carboxylic acids is 2. The number of nitrogens with zero attached hydrogens (tertiary/aromatic N) is 1. The van der Waals surface area contributed by atoms with E-state index in [1.807, 2.05) is 0 Å². The lowest BCUT2D eigenvalue weighted by Gasteiger charge is -2.08. The monoisotopic (exact) mass is 274 g/mol. The van der Waals surface area contributed by atoms with Crippen molar-refractivity contribution in [3.63, 3.8) is 0 Å². The second-order valence-corrected chi connectivity index (χ2v) is 3.89. The van der Waals surface area contributed by atoms with Crippen molar-refractivity contribution in [2.75, 3.05) is 7.11 Å². The number of methoxy groups -OCH3 is 1. The summed E-state index contributed by atoms with van der Waals surface area (Å²) in [5.74, 6) is -1.01. The molecule has 20 heavy (non-hydrogen) atoms. The highest BCUT2D eigenvalue weighted by molar-refractivity contribution is 5.99. The summed E-state index contributed by atoms with van der Waals surface area (Å²) < 4.78 is 9.75. The zero-order valence-corrected chi connectivity index (χ0v) is 11.1. The third-order valence-corrected chi connectivity index (χ3v) is 2.45. The van der Waals surface area contributed by atoms with Gasteiger partial charge >= 0.3 is 5.97 Å². The summed E-state index contributed by atoms with van der Waals surface area (Å²) in [6, 6.07) is 8.47. The molecule has 0 saturated carbocycles. The van der Waals surface area contributed by atoms with Crippen LogP contribution >= 0.6 is 0 Å². The van der Waals surface area contributed by atoms with Crippen molar-refractivity contribution in [2.24, 2.45) is 5.73 Å². The molecule has 1 atom stereocenters. The highest BCUT2D eigenvalue weighted by atomic mass is 16.5. The molecule has 2 N–H and O–H groups in total. The standard InChI is InChI=1S/C14H14N2O4/c1-9(13(16)17)20-14(18)11(8-15)7-10-3-5-12(19-2)6-4-10/h3-7,9H,1-2H3,(H2,16,17)/b11-7+/t9-/m0/s1. The third-order valence-electron chi connectivity index (χ3n) is 2.45. The van der Waals surface area contributed by atoms with Gasteiger partial charge in [-0.05, 0) is 30.7 Å². The lowest BCUT2D eigenvalue weighted by atomic mass is 10.1. The Hall–Kier alpha value is -2.81.